The van der Waals surface area contributed by atoms with Gasteiger partial charge in [-0.15, -0.1) is 0 Å². The number of carbonyl (C=O) groups excluding carboxylic acids is 1. The minimum atomic E-state index is 0.421. The highest BCUT2D eigenvalue weighted by atomic mass is 35.5. The molecule has 0 N–H and O–H groups in total. The van der Waals surface area contributed by atoms with Crippen LogP contribution in [0.4, 0.5) is 0 Å². The highest BCUT2D eigenvalue weighted by molar-refractivity contribution is 6.30. The lowest BCUT2D eigenvalue weighted by atomic mass is 10.1. The molecule has 0 amide bonds. The van der Waals surface area contributed by atoms with Crippen molar-refractivity contribution in [2.45, 2.75) is 0 Å². The Bertz CT molecular complexity index is 428. The number of fused-ring (bicyclic) bond motifs is 1. The van der Waals surface area contributed by atoms with Crippen molar-refractivity contribution in [3.05, 3.63) is 41.0 Å². The van der Waals surface area contributed by atoms with E-state index in [-0.39, 0.29) is 0 Å². The predicted molar refractivity (Wildman–Crippen MR) is 51.3 cm³/mol. The summed E-state index contributed by atoms with van der Waals surface area (Å²) in [5.74, 6) is 0. The Labute approximate surface area is 80.5 Å². The van der Waals surface area contributed by atoms with E-state index in [4.69, 9.17) is 11.6 Å². The summed E-state index contributed by atoms with van der Waals surface area (Å²) in [5.41, 5.74) is 2.11. The Morgan fingerprint density at radius 2 is 2.08 bits per heavy atom. The van der Waals surface area contributed by atoms with Gasteiger partial charge in [0, 0.05) is 11.1 Å². The molecule has 1 heterocycles. The molecule has 3 heteroatoms. The summed E-state index contributed by atoms with van der Waals surface area (Å²) < 4.78 is 0. The zero-order chi connectivity index (χ0) is 9.26. The van der Waals surface area contributed by atoms with Gasteiger partial charge in [-0.05, 0) is 12.1 Å². The number of carbonyl (C=O) groups is 1. The van der Waals surface area contributed by atoms with Crippen molar-refractivity contribution in [3.63, 3.8) is 0 Å². The quantitative estimate of drug-likeness (QED) is 0.649. The molecular weight excluding hydrogens is 186 g/mol. The van der Waals surface area contributed by atoms with E-state index < -0.39 is 0 Å². The Kier molecular flexibility index (Phi) is 1.99. The summed E-state index contributed by atoms with van der Waals surface area (Å²) in [6.45, 7) is 0. The fraction of sp³-hybridized carbons (Fsp3) is 0. The average Bonchev–Trinajstić information content (AvgIpc) is 2.37. The van der Waals surface area contributed by atoms with Gasteiger partial charge in [0.2, 0.25) is 0 Å². The van der Waals surface area contributed by atoms with E-state index in [0.717, 1.165) is 11.8 Å². The SMILES string of the molecule is O=Cc1ccccc2cc(Cl)nc1-2. The van der Waals surface area contributed by atoms with Crippen molar-refractivity contribution in [3.8, 4) is 11.3 Å². The van der Waals surface area contributed by atoms with Gasteiger partial charge in [-0.1, -0.05) is 29.8 Å². The summed E-state index contributed by atoms with van der Waals surface area (Å²) in [7, 11) is 0. The Morgan fingerprint density at radius 1 is 1.31 bits per heavy atom. The molecule has 0 aromatic carbocycles. The van der Waals surface area contributed by atoms with Crippen molar-refractivity contribution < 1.29 is 4.79 Å². The van der Waals surface area contributed by atoms with Crippen LogP contribution in [0.15, 0.2) is 30.3 Å². The third kappa shape index (κ3) is 1.40. The van der Waals surface area contributed by atoms with Crippen LogP contribution in [0.3, 0.4) is 0 Å². The Hall–Kier alpha value is -1.41. The number of aromatic nitrogens is 1. The summed E-state index contributed by atoms with van der Waals surface area (Å²) in [4.78, 5) is 14.7. The second-order valence-corrected chi connectivity index (χ2v) is 3.06. The molecule has 2 aliphatic rings. The fourth-order valence-electron chi connectivity index (χ4n) is 1.25. The van der Waals surface area contributed by atoms with E-state index in [1.807, 2.05) is 12.1 Å². The Balaban J connectivity index is 2.78. The number of hydrogen-bond acceptors (Lipinski definition) is 2. The minimum absolute atomic E-state index is 0.421. The van der Waals surface area contributed by atoms with Crippen molar-refractivity contribution in [1.82, 2.24) is 4.98 Å². The maximum Gasteiger partial charge on any atom is 0.152 e. The topological polar surface area (TPSA) is 30.0 Å². The molecule has 0 fully saturated rings. The second-order valence-electron chi connectivity index (χ2n) is 2.67. The van der Waals surface area contributed by atoms with E-state index in [1.54, 1.807) is 18.2 Å². The molecule has 1 aliphatic heterocycles. The van der Waals surface area contributed by atoms with Gasteiger partial charge >= 0.3 is 0 Å². The molecule has 0 unspecified atom stereocenters. The van der Waals surface area contributed by atoms with Crippen molar-refractivity contribution in [2.24, 2.45) is 0 Å². The largest absolute Gasteiger partial charge is 0.298 e. The standard InChI is InChI=1S/C10H6ClNO/c11-9-5-7-3-1-2-4-8(6-13)10(7)12-9/h1-6H. The summed E-state index contributed by atoms with van der Waals surface area (Å²) in [6.07, 6.45) is 0.783. The maximum atomic E-state index is 10.7. The summed E-state index contributed by atoms with van der Waals surface area (Å²) >= 11 is 5.73. The summed E-state index contributed by atoms with van der Waals surface area (Å²) in [6, 6.07) is 9.00. The maximum absolute atomic E-state index is 10.7. The number of halogens is 1. The molecule has 0 saturated carbocycles. The monoisotopic (exact) mass is 191 g/mol. The smallest absolute Gasteiger partial charge is 0.152 e. The lowest BCUT2D eigenvalue weighted by Crippen LogP contribution is -1.81. The van der Waals surface area contributed by atoms with Crippen LogP contribution in [0.2, 0.25) is 5.15 Å². The number of hydrogen-bond donors (Lipinski definition) is 0. The van der Waals surface area contributed by atoms with E-state index >= 15 is 0 Å². The van der Waals surface area contributed by atoms with Crippen LogP contribution in [-0.4, -0.2) is 11.3 Å². The Morgan fingerprint density at radius 3 is 2.85 bits per heavy atom. The first-order chi connectivity index (χ1) is 6.31. The van der Waals surface area contributed by atoms with Crippen LogP contribution in [0.1, 0.15) is 10.4 Å². The van der Waals surface area contributed by atoms with Crippen molar-refractivity contribution in [2.75, 3.05) is 0 Å². The van der Waals surface area contributed by atoms with Crippen LogP contribution in [-0.2, 0) is 0 Å². The van der Waals surface area contributed by atoms with Crippen LogP contribution < -0.4 is 0 Å². The lowest BCUT2D eigenvalue weighted by molar-refractivity contribution is 0.112. The van der Waals surface area contributed by atoms with E-state index in [1.165, 1.54) is 0 Å². The molecule has 0 spiro atoms. The highest BCUT2D eigenvalue weighted by Crippen LogP contribution is 2.26. The van der Waals surface area contributed by atoms with Gasteiger partial charge in [-0.3, -0.25) is 4.79 Å². The van der Waals surface area contributed by atoms with Gasteiger partial charge in [-0.25, -0.2) is 4.98 Å². The number of nitrogens with zero attached hydrogens (tertiary/aromatic N) is 1. The number of aldehydes is 1. The van der Waals surface area contributed by atoms with Gasteiger partial charge in [-0.2, -0.15) is 0 Å². The molecule has 0 aromatic rings. The third-order valence-corrected chi connectivity index (χ3v) is 2.02. The second kappa shape index (κ2) is 3.15. The molecule has 64 valence electrons. The molecule has 13 heavy (non-hydrogen) atoms. The van der Waals surface area contributed by atoms with Crippen LogP contribution in [0.5, 0.6) is 0 Å². The van der Waals surface area contributed by atoms with Gasteiger partial charge < -0.3 is 0 Å². The molecule has 0 atom stereocenters. The normalized spacial score (nSPS) is 10.2. The van der Waals surface area contributed by atoms with Crippen LogP contribution >= 0.6 is 11.6 Å². The van der Waals surface area contributed by atoms with Gasteiger partial charge in [0.25, 0.3) is 0 Å². The molecular formula is C10H6ClNO. The highest BCUT2D eigenvalue weighted by Gasteiger charge is 2.09. The molecule has 2 nitrogen and oxygen atoms in total. The first-order valence-corrected chi connectivity index (χ1v) is 4.19. The van der Waals surface area contributed by atoms with E-state index in [9.17, 15) is 4.79 Å². The fourth-order valence-corrected chi connectivity index (χ4v) is 1.45. The number of rotatable bonds is 1. The first kappa shape index (κ1) is 8.20. The molecule has 0 saturated heterocycles. The zero-order valence-electron chi connectivity index (χ0n) is 6.70. The van der Waals surface area contributed by atoms with Crippen molar-refractivity contribution in [1.29, 1.82) is 0 Å². The molecule has 0 aromatic heterocycles. The summed E-state index contributed by atoms with van der Waals surface area (Å²) in [5, 5.41) is 0.421. The zero-order valence-corrected chi connectivity index (χ0v) is 7.45. The van der Waals surface area contributed by atoms with Gasteiger partial charge in [0.1, 0.15) is 5.15 Å². The van der Waals surface area contributed by atoms with Gasteiger partial charge in [0.05, 0.1) is 5.69 Å². The van der Waals surface area contributed by atoms with Gasteiger partial charge in [0.15, 0.2) is 6.29 Å². The molecule has 0 radical (unpaired) electrons. The predicted octanol–water partition coefficient (Wildman–Crippen LogP) is 2.65. The van der Waals surface area contributed by atoms with E-state index in [2.05, 4.69) is 4.98 Å². The lowest BCUT2D eigenvalue weighted by Gasteiger charge is -1.90. The molecule has 2 rings (SSSR count). The van der Waals surface area contributed by atoms with Crippen molar-refractivity contribution >= 4 is 17.9 Å². The van der Waals surface area contributed by atoms with Crippen LogP contribution in [0.25, 0.3) is 11.3 Å². The third-order valence-electron chi connectivity index (χ3n) is 1.83. The molecule has 0 bridgehead atoms. The molecule has 1 aliphatic carbocycles. The first-order valence-electron chi connectivity index (χ1n) is 3.82. The van der Waals surface area contributed by atoms with E-state index in [0.29, 0.717) is 16.4 Å². The van der Waals surface area contributed by atoms with Crippen LogP contribution in [0, 0.1) is 0 Å². The minimum Gasteiger partial charge on any atom is -0.298 e. The average molecular weight is 192 g/mol.